The van der Waals surface area contributed by atoms with E-state index < -0.39 is 32.6 Å². The van der Waals surface area contributed by atoms with Gasteiger partial charge < -0.3 is 5.32 Å². The molecule has 1 unspecified atom stereocenters. The summed E-state index contributed by atoms with van der Waals surface area (Å²) in [5, 5.41) is 1.46. The maximum absolute atomic E-state index is 13.3. The van der Waals surface area contributed by atoms with E-state index in [0.717, 1.165) is 10.5 Å². The topological polar surface area (TPSA) is 83.6 Å². The summed E-state index contributed by atoms with van der Waals surface area (Å²) in [7, 11) is -3.90. The van der Waals surface area contributed by atoms with Crippen molar-refractivity contribution in [2.75, 3.05) is 0 Å². The van der Waals surface area contributed by atoms with Gasteiger partial charge in [0.25, 0.3) is 0 Å². The highest BCUT2D eigenvalue weighted by Crippen LogP contribution is 2.49. The predicted octanol–water partition coefficient (Wildman–Crippen LogP) is 3.34. The van der Waals surface area contributed by atoms with Gasteiger partial charge in [0.2, 0.25) is 15.7 Å². The molecule has 1 N–H and O–H groups in total. The van der Waals surface area contributed by atoms with E-state index in [1.807, 2.05) is 30.3 Å². The lowest BCUT2D eigenvalue weighted by atomic mass is 9.74. The van der Waals surface area contributed by atoms with Gasteiger partial charge in [-0.3, -0.25) is 4.79 Å². The molecule has 6 nitrogen and oxygen atoms in total. The molecule has 0 aliphatic carbocycles. The van der Waals surface area contributed by atoms with E-state index in [1.165, 1.54) is 12.1 Å². The number of nitrogens with zero attached hydrogens (tertiary/aromatic N) is 1. The maximum atomic E-state index is 13.3. The first-order valence-electron chi connectivity index (χ1n) is 9.33. The standard InChI is InChI=1S/C21H24N2O4S/c1-3-21(4-2)18(24)23(20(25)22-15-16-11-7-5-8-12-16)19(21)28(26,27)17-13-9-6-10-14-17/h5-14,19H,3-4,15H2,1-2H3,(H,22,25). The number of carbonyl (C=O) groups excluding carboxylic acids is 2. The molecule has 0 spiro atoms. The Bertz CT molecular complexity index is 954. The van der Waals surface area contributed by atoms with E-state index >= 15 is 0 Å². The fourth-order valence-corrected chi connectivity index (χ4v) is 6.06. The Kier molecular flexibility index (Phi) is 5.56. The van der Waals surface area contributed by atoms with Crippen molar-refractivity contribution in [2.24, 2.45) is 5.41 Å². The van der Waals surface area contributed by atoms with Gasteiger partial charge in [-0.05, 0) is 30.5 Å². The number of carbonyl (C=O) groups is 2. The van der Waals surface area contributed by atoms with Crippen LogP contribution < -0.4 is 5.32 Å². The summed E-state index contributed by atoms with van der Waals surface area (Å²) in [6.07, 6.45) is 0.697. The van der Waals surface area contributed by atoms with Crippen LogP contribution in [0.25, 0.3) is 0 Å². The minimum Gasteiger partial charge on any atom is -0.334 e. The summed E-state index contributed by atoms with van der Waals surface area (Å²) in [5.41, 5.74) is -0.220. The number of hydrogen-bond donors (Lipinski definition) is 1. The van der Waals surface area contributed by atoms with Crippen LogP contribution in [0.5, 0.6) is 0 Å². The van der Waals surface area contributed by atoms with Gasteiger partial charge in [0, 0.05) is 6.54 Å². The number of nitrogens with one attached hydrogen (secondary N) is 1. The van der Waals surface area contributed by atoms with Gasteiger partial charge in [-0.15, -0.1) is 0 Å². The Morgan fingerprint density at radius 3 is 2.07 bits per heavy atom. The molecule has 1 atom stereocenters. The summed E-state index contributed by atoms with van der Waals surface area (Å²) in [5.74, 6) is -0.437. The number of amides is 3. The Labute approximate surface area is 165 Å². The molecule has 7 heteroatoms. The smallest absolute Gasteiger partial charge is 0.325 e. The van der Waals surface area contributed by atoms with E-state index in [0.29, 0.717) is 12.8 Å². The second-order valence-electron chi connectivity index (χ2n) is 6.89. The molecule has 0 radical (unpaired) electrons. The van der Waals surface area contributed by atoms with E-state index in [9.17, 15) is 18.0 Å². The summed E-state index contributed by atoms with van der Waals surface area (Å²) in [4.78, 5) is 26.6. The minimum absolute atomic E-state index is 0.111. The molecule has 1 aliphatic heterocycles. The van der Waals surface area contributed by atoms with E-state index in [-0.39, 0.29) is 11.4 Å². The molecule has 1 saturated heterocycles. The zero-order valence-corrected chi connectivity index (χ0v) is 16.8. The third-order valence-corrected chi connectivity index (χ3v) is 7.66. The van der Waals surface area contributed by atoms with Gasteiger partial charge in [0.1, 0.15) is 0 Å². The number of benzene rings is 2. The second-order valence-corrected chi connectivity index (χ2v) is 8.90. The number of urea groups is 1. The van der Waals surface area contributed by atoms with E-state index in [1.54, 1.807) is 32.0 Å². The minimum atomic E-state index is -3.90. The maximum Gasteiger partial charge on any atom is 0.325 e. The van der Waals surface area contributed by atoms with Gasteiger partial charge in [-0.25, -0.2) is 18.1 Å². The number of likely N-dealkylation sites (tertiary alicyclic amines) is 1. The average molecular weight is 401 g/mol. The van der Waals surface area contributed by atoms with Crippen molar-refractivity contribution < 1.29 is 18.0 Å². The molecule has 0 bridgehead atoms. The molecular weight excluding hydrogens is 376 g/mol. The molecular formula is C21H24N2O4S. The largest absolute Gasteiger partial charge is 0.334 e. The average Bonchev–Trinajstić information content (AvgIpc) is 2.72. The van der Waals surface area contributed by atoms with Gasteiger partial charge in [-0.1, -0.05) is 62.4 Å². The third kappa shape index (κ3) is 3.20. The van der Waals surface area contributed by atoms with Crippen LogP contribution in [0.15, 0.2) is 65.6 Å². The normalized spacial score (nSPS) is 18.4. The molecule has 1 aliphatic rings. The quantitative estimate of drug-likeness (QED) is 0.754. The molecule has 2 aromatic rings. The van der Waals surface area contributed by atoms with Crippen LogP contribution in [0.4, 0.5) is 4.79 Å². The first-order chi connectivity index (χ1) is 13.4. The number of β-lactam (4-membered cyclic amide) rings is 1. The molecule has 0 aromatic heterocycles. The number of rotatable bonds is 6. The lowest BCUT2D eigenvalue weighted by Gasteiger charge is -2.53. The molecule has 3 amide bonds. The van der Waals surface area contributed by atoms with Crippen molar-refractivity contribution in [3.8, 4) is 0 Å². The fraction of sp³-hybridized carbons (Fsp3) is 0.333. The Hall–Kier alpha value is -2.67. The monoisotopic (exact) mass is 400 g/mol. The highest BCUT2D eigenvalue weighted by atomic mass is 32.2. The van der Waals surface area contributed by atoms with Crippen molar-refractivity contribution in [1.82, 2.24) is 10.2 Å². The van der Waals surface area contributed by atoms with Gasteiger partial charge in [0.05, 0.1) is 10.3 Å². The molecule has 2 aromatic carbocycles. The van der Waals surface area contributed by atoms with Crippen LogP contribution in [0.2, 0.25) is 0 Å². The van der Waals surface area contributed by atoms with Gasteiger partial charge in [-0.2, -0.15) is 0 Å². The second kappa shape index (κ2) is 7.75. The highest BCUT2D eigenvalue weighted by molar-refractivity contribution is 7.92. The molecule has 0 saturated carbocycles. The van der Waals surface area contributed by atoms with Crippen LogP contribution in [-0.2, 0) is 21.2 Å². The highest BCUT2D eigenvalue weighted by Gasteiger charge is 2.66. The Morgan fingerprint density at radius 1 is 1.00 bits per heavy atom. The SMILES string of the molecule is CCC1(CC)C(=O)N(C(=O)NCc2ccccc2)C1S(=O)(=O)c1ccccc1. The Balaban J connectivity index is 1.91. The first-order valence-corrected chi connectivity index (χ1v) is 10.9. The summed E-state index contributed by atoms with van der Waals surface area (Å²) in [6, 6.07) is 16.5. The van der Waals surface area contributed by atoms with Crippen LogP contribution in [-0.4, -0.2) is 30.6 Å². The summed E-state index contributed by atoms with van der Waals surface area (Å²) in [6.45, 7) is 3.79. The molecule has 1 heterocycles. The third-order valence-electron chi connectivity index (χ3n) is 5.48. The lowest BCUT2D eigenvalue weighted by Crippen LogP contribution is -2.73. The van der Waals surface area contributed by atoms with Crippen LogP contribution in [0.1, 0.15) is 32.3 Å². The number of hydrogen-bond acceptors (Lipinski definition) is 4. The van der Waals surface area contributed by atoms with Gasteiger partial charge in [0.15, 0.2) is 5.37 Å². The zero-order valence-electron chi connectivity index (χ0n) is 16.0. The fourth-order valence-electron chi connectivity index (χ4n) is 3.77. The molecule has 148 valence electrons. The number of sulfone groups is 1. The van der Waals surface area contributed by atoms with E-state index in [4.69, 9.17) is 0 Å². The van der Waals surface area contributed by atoms with Crippen molar-refractivity contribution in [3.63, 3.8) is 0 Å². The van der Waals surface area contributed by atoms with Crippen LogP contribution >= 0.6 is 0 Å². The Morgan fingerprint density at radius 2 is 1.54 bits per heavy atom. The van der Waals surface area contributed by atoms with Crippen molar-refractivity contribution in [3.05, 3.63) is 66.2 Å². The number of imide groups is 1. The van der Waals surface area contributed by atoms with Crippen molar-refractivity contribution >= 4 is 21.8 Å². The van der Waals surface area contributed by atoms with Crippen molar-refractivity contribution in [1.29, 1.82) is 0 Å². The lowest BCUT2D eigenvalue weighted by molar-refractivity contribution is -0.158. The zero-order chi connectivity index (χ0) is 20.4. The van der Waals surface area contributed by atoms with Crippen LogP contribution in [0.3, 0.4) is 0 Å². The first kappa shape index (κ1) is 20.1. The van der Waals surface area contributed by atoms with Gasteiger partial charge >= 0.3 is 6.03 Å². The molecule has 28 heavy (non-hydrogen) atoms. The van der Waals surface area contributed by atoms with Crippen LogP contribution in [0, 0.1) is 5.41 Å². The van der Waals surface area contributed by atoms with Crippen molar-refractivity contribution in [2.45, 2.75) is 43.5 Å². The van der Waals surface area contributed by atoms with E-state index in [2.05, 4.69) is 5.32 Å². The summed E-state index contributed by atoms with van der Waals surface area (Å²) < 4.78 is 26.6. The molecule has 3 rings (SSSR count). The molecule has 1 fully saturated rings. The summed E-state index contributed by atoms with van der Waals surface area (Å²) >= 11 is 0. The predicted molar refractivity (Wildman–Crippen MR) is 106 cm³/mol.